The summed E-state index contributed by atoms with van der Waals surface area (Å²) in [6.45, 7) is 0.497. The molecule has 0 aromatic heterocycles. The first-order valence-electron chi connectivity index (χ1n) is 4.16. The first-order valence-corrected chi connectivity index (χ1v) is 4.95. The summed E-state index contributed by atoms with van der Waals surface area (Å²) in [5.74, 6) is -0.926. The van der Waals surface area contributed by atoms with Crippen LogP contribution in [-0.4, -0.2) is 6.54 Å². The smallest absolute Gasteiger partial charge is 0.138 e. The summed E-state index contributed by atoms with van der Waals surface area (Å²) in [5.41, 5.74) is 5.49. The second-order valence-electron chi connectivity index (χ2n) is 2.77. The molecule has 1 aromatic carbocycles. The van der Waals surface area contributed by atoms with Crippen LogP contribution in [0.3, 0.4) is 0 Å². The van der Waals surface area contributed by atoms with Gasteiger partial charge in [-0.05, 0) is 41.0 Å². The Bertz CT molecular complexity index is 350. The molecule has 4 heteroatoms. The van der Waals surface area contributed by atoms with Gasteiger partial charge in [0.2, 0.25) is 0 Å². The van der Waals surface area contributed by atoms with Gasteiger partial charge in [-0.2, -0.15) is 0 Å². The lowest BCUT2D eigenvalue weighted by atomic mass is 10.2. The summed E-state index contributed by atoms with van der Waals surface area (Å²) in [4.78, 5) is 0. The molecule has 0 amide bonds. The SMILES string of the molecule is NCCC=Cc1cc(F)c(Br)cc1F. The van der Waals surface area contributed by atoms with E-state index in [1.807, 2.05) is 0 Å². The van der Waals surface area contributed by atoms with Crippen molar-refractivity contribution in [3.05, 3.63) is 39.9 Å². The van der Waals surface area contributed by atoms with Crippen LogP contribution in [0, 0.1) is 11.6 Å². The highest BCUT2D eigenvalue weighted by atomic mass is 79.9. The average molecular weight is 262 g/mol. The predicted molar refractivity (Wildman–Crippen MR) is 56.8 cm³/mol. The molecule has 0 aliphatic heterocycles. The highest BCUT2D eigenvalue weighted by Gasteiger charge is 2.05. The van der Waals surface area contributed by atoms with Gasteiger partial charge in [0.25, 0.3) is 0 Å². The van der Waals surface area contributed by atoms with Crippen LogP contribution in [0.25, 0.3) is 6.08 Å². The number of rotatable bonds is 3. The van der Waals surface area contributed by atoms with Gasteiger partial charge >= 0.3 is 0 Å². The lowest BCUT2D eigenvalue weighted by Crippen LogP contribution is -1.95. The Balaban J connectivity index is 2.92. The van der Waals surface area contributed by atoms with Gasteiger partial charge in [-0.1, -0.05) is 12.2 Å². The van der Waals surface area contributed by atoms with Crippen LogP contribution in [-0.2, 0) is 0 Å². The Labute approximate surface area is 89.7 Å². The molecule has 0 spiro atoms. The van der Waals surface area contributed by atoms with Crippen LogP contribution in [0.5, 0.6) is 0 Å². The topological polar surface area (TPSA) is 26.0 Å². The van der Waals surface area contributed by atoms with Crippen LogP contribution in [0.4, 0.5) is 8.78 Å². The number of nitrogens with two attached hydrogens (primary N) is 1. The van der Waals surface area contributed by atoms with Gasteiger partial charge in [0.05, 0.1) is 4.47 Å². The maximum Gasteiger partial charge on any atom is 0.138 e. The van der Waals surface area contributed by atoms with Crippen LogP contribution < -0.4 is 5.73 Å². The molecule has 0 bridgehead atoms. The highest BCUT2D eigenvalue weighted by molar-refractivity contribution is 9.10. The highest BCUT2D eigenvalue weighted by Crippen LogP contribution is 2.20. The van der Waals surface area contributed by atoms with Crippen molar-refractivity contribution >= 4 is 22.0 Å². The largest absolute Gasteiger partial charge is 0.330 e. The zero-order chi connectivity index (χ0) is 10.6. The zero-order valence-corrected chi connectivity index (χ0v) is 9.02. The summed E-state index contributed by atoms with van der Waals surface area (Å²) in [6.07, 6.45) is 3.89. The second-order valence-corrected chi connectivity index (χ2v) is 3.62. The molecule has 0 saturated carbocycles. The van der Waals surface area contributed by atoms with Gasteiger partial charge in [-0.15, -0.1) is 0 Å². The number of halogens is 3. The summed E-state index contributed by atoms with van der Waals surface area (Å²) in [7, 11) is 0. The molecule has 0 aliphatic rings. The Morgan fingerprint density at radius 3 is 2.64 bits per heavy atom. The minimum absolute atomic E-state index is 0.131. The standard InChI is InChI=1S/C10H10BrF2N/c11-8-6-9(12)7(5-10(8)13)3-1-2-4-14/h1,3,5-6H,2,4,14H2. The van der Waals surface area contributed by atoms with Crippen LogP contribution in [0.2, 0.25) is 0 Å². The van der Waals surface area contributed by atoms with Crippen LogP contribution >= 0.6 is 15.9 Å². The fraction of sp³-hybridized carbons (Fsp3) is 0.200. The van der Waals surface area contributed by atoms with Crippen molar-refractivity contribution in [1.82, 2.24) is 0 Å². The molecule has 0 saturated heterocycles. The van der Waals surface area contributed by atoms with Gasteiger partial charge in [-0.3, -0.25) is 0 Å². The molecule has 1 aromatic rings. The van der Waals surface area contributed by atoms with E-state index in [-0.39, 0.29) is 10.0 Å². The van der Waals surface area contributed by atoms with Crippen molar-refractivity contribution in [2.24, 2.45) is 5.73 Å². The Morgan fingerprint density at radius 2 is 2.00 bits per heavy atom. The van der Waals surface area contributed by atoms with Gasteiger partial charge in [0, 0.05) is 5.56 Å². The molecule has 0 aliphatic carbocycles. The van der Waals surface area contributed by atoms with Crippen molar-refractivity contribution in [2.45, 2.75) is 6.42 Å². The molecule has 0 atom stereocenters. The van der Waals surface area contributed by atoms with Crippen LogP contribution in [0.15, 0.2) is 22.7 Å². The third kappa shape index (κ3) is 2.89. The van der Waals surface area contributed by atoms with Crippen molar-refractivity contribution < 1.29 is 8.78 Å². The minimum atomic E-state index is -0.473. The van der Waals surface area contributed by atoms with Gasteiger partial charge in [-0.25, -0.2) is 8.78 Å². The molecule has 14 heavy (non-hydrogen) atoms. The monoisotopic (exact) mass is 261 g/mol. The van der Waals surface area contributed by atoms with Crippen LogP contribution in [0.1, 0.15) is 12.0 Å². The molecule has 76 valence electrons. The summed E-state index contributed by atoms with van der Waals surface area (Å²) < 4.78 is 26.3. The molecule has 0 unspecified atom stereocenters. The molecular weight excluding hydrogens is 252 g/mol. The molecule has 0 fully saturated rings. The third-order valence-corrected chi connectivity index (χ3v) is 2.28. The second kappa shape index (κ2) is 5.22. The first-order chi connectivity index (χ1) is 6.65. The normalized spacial score (nSPS) is 11.1. The molecule has 1 rings (SSSR count). The fourth-order valence-electron chi connectivity index (χ4n) is 0.972. The van der Waals surface area contributed by atoms with Gasteiger partial charge < -0.3 is 5.73 Å². The predicted octanol–water partition coefficient (Wildman–Crippen LogP) is 3.09. The van der Waals surface area contributed by atoms with E-state index in [0.717, 1.165) is 12.1 Å². The lowest BCUT2D eigenvalue weighted by Gasteiger charge is -1.99. The van der Waals surface area contributed by atoms with E-state index in [0.29, 0.717) is 13.0 Å². The molecule has 0 heterocycles. The zero-order valence-electron chi connectivity index (χ0n) is 7.43. The maximum atomic E-state index is 13.2. The van der Waals surface area contributed by atoms with Crippen molar-refractivity contribution in [3.63, 3.8) is 0 Å². The van der Waals surface area contributed by atoms with E-state index in [4.69, 9.17) is 5.73 Å². The Kier molecular flexibility index (Phi) is 4.22. The quantitative estimate of drug-likeness (QED) is 0.832. The first kappa shape index (κ1) is 11.3. The summed E-state index contributed by atoms with van der Waals surface area (Å²) in [5, 5.41) is 0. The van der Waals surface area contributed by atoms with Gasteiger partial charge in [0.15, 0.2) is 0 Å². The van der Waals surface area contributed by atoms with E-state index in [2.05, 4.69) is 15.9 Å². The fourth-order valence-corrected chi connectivity index (χ4v) is 1.29. The van der Waals surface area contributed by atoms with E-state index < -0.39 is 11.6 Å². The molecule has 1 nitrogen and oxygen atoms in total. The van der Waals surface area contributed by atoms with Crippen molar-refractivity contribution in [2.75, 3.05) is 6.54 Å². The third-order valence-electron chi connectivity index (χ3n) is 1.67. The van der Waals surface area contributed by atoms with E-state index in [9.17, 15) is 8.78 Å². The summed E-state index contributed by atoms with van der Waals surface area (Å²) in [6, 6.07) is 2.25. The van der Waals surface area contributed by atoms with E-state index in [1.54, 1.807) is 6.08 Å². The van der Waals surface area contributed by atoms with Crippen molar-refractivity contribution in [3.8, 4) is 0 Å². The Morgan fingerprint density at radius 1 is 1.29 bits per heavy atom. The maximum absolute atomic E-state index is 13.2. The average Bonchev–Trinajstić information content (AvgIpc) is 2.14. The number of hydrogen-bond acceptors (Lipinski definition) is 1. The van der Waals surface area contributed by atoms with E-state index in [1.165, 1.54) is 6.08 Å². The number of hydrogen-bond donors (Lipinski definition) is 1. The minimum Gasteiger partial charge on any atom is -0.330 e. The lowest BCUT2D eigenvalue weighted by molar-refractivity contribution is 0.592. The summed E-state index contributed by atoms with van der Waals surface area (Å²) >= 11 is 2.90. The molecular formula is C10H10BrF2N. The van der Waals surface area contributed by atoms with E-state index >= 15 is 0 Å². The Hall–Kier alpha value is -0.740. The van der Waals surface area contributed by atoms with Crippen molar-refractivity contribution in [1.29, 1.82) is 0 Å². The van der Waals surface area contributed by atoms with Gasteiger partial charge in [0.1, 0.15) is 11.6 Å². The molecule has 0 radical (unpaired) electrons. The number of benzene rings is 1. The molecule has 2 N–H and O–H groups in total.